The Hall–Kier alpha value is -3.80. The van der Waals surface area contributed by atoms with Gasteiger partial charge >= 0.3 is 0 Å². The Morgan fingerprint density at radius 2 is 1.39 bits per heavy atom. The minimum Gasteiger partial charge on any atom is -0.485 e. The first kappa shape index (κ1) is 19.0. The standard InChI is InChI=1S/C22H20N2O4/c1-2-23-19-13-21(27-15-17-9-5-3-6-10-17)22(14-20(19)24(25)26)28-16-18-11-7-4-8-12-18/h2-14,23H,1,15-16H2. The van der Waals surface area contributed by atoms with Gasteiger partial charge in [-0.1, -0.05) is 67.2 Å². The van der Waals surface area contributed by atoms with Crippen LogP contribution in [0.1, 0.15) is 11.1 Å². The van der Waals surface area contributed by atoms with E-state index >= 15 is 0 Å². The number of nitro groups is 1. The van der Waals surface area contributed by atoms with Gasteiger partial charge in [-0.25, -0.2) is 0 Å². The Morgan fingerprint density at radius 3 is 1.86 bits per heavy atom. The van der Waals surface area contributed by atoms with E-state index in [0.29, 0.717) is 18.1 Å². The van der Waals surface area contributed by atoms with Gasteiger partial charge in [0.25, 0.3) is 5.69 Å². The molecule has 0 aliphatic heterocycles. The molecule has 28 heavy (non-hydrogen) atoms. The molecular formula is C22H20N2O4. The number of nitrogens with one attached hydrogen (secondary N) is 1. The monoisotopic (exact) mass is 376 g/mol. The Bertz CT molecular complexity index is 944. The average molecular weight is 376 g/mol. The van der Waals surface area contributed by atoms with Crippen molar-refractivity contribution in [2.45, 2.75) is 13.2 Å². The van der Waals surface area contributed by atoms with E-state index in [4.69, 9.17) is 9.47 Å². The van der Waals surface area contributed by atoms with Crippen molar-refractivity contribution in [1.82, 2.24) is 0 Å². The quantitative estimate of drug-likeness (QED) is 0.405. The van der Waals surface area contributed by atoms with Gasteiger partial charge in [-0.15, -0.1) is 0 Å². The number of nitrogens with zero attached hydrogens (tertiary/aromatic N) is 1. The van der Waals surface area contributed by atoms with Crippen LogP contribution in [-0.4, -0.2) is 4.92 Å². The largest absolute Gasteiger partial charge is 0.485 e. The summed E-state index contributed by atoms with van der Waals surface area (Å²) in [4.78, 5) is 11.0. The lowest BCUT2D eigenvalue weighted by Crippen LogP contribution is -2.03. The van der Waals surface area contributed by atoms with E-state index in [0.717, 1.165) is 11.1 Å². The fourth-order valence-electron chi connectivity index (χ4n) is 2.62. The van der Waals surface area contributed by atoms with Crippen molar-refractivity contribution >= 4 is 11.4 Å². The van der Waals surface area contributed by atoms with Crippen molar-refractivity contribution in [3.05, 3.63) is 107 Å². The molecular weight excluding hydrogens is 356 g/mol. The third-order valence-electron chi connectivity index (χ3n) is 3.99. The van der Waals surface area contributed by atoms with Crippen LogP contribution in [0.5, 0.6) is 11.5 Å². The second-order valence-electron chi connectivity index (χ2n) is 5.97. The van der Waals surface area contributed by atoms with Crippen LogP contribution in [0, 0.1) is 10.1 Å². The Labute approximate surface area is 163 Å². The zero-order valence-electron chi connectivity index (χ0n) is 15.2. The van der Waals surface area contributed by atoms with Gasteiger partial charge in [-0.3, -0.25) is 10.1 Å². The molecule has 3 aromatic rings. The number of rotatable bonds is 9. The van der Waals surface area contributed by atoms with Crippen LogP contribution in [-0.2, 0) is 13.2 Å². The van der Waals surface area contributed by atoms with Crippen LogP contribution in [0.25, 0.3) is 0 Å². The first-order valence-electron chi connectivity index (χ1n) is 8.70. The number of hydrogen-bond donors (Lipinski definition) is 1. The predicted molar refractivity (Wildman–Crippen MR) is 108 cm³/mol. The molecule has 0 bridgehead atoms. The minimum absolute atomic E-state index is 0.116. The molecule has 0 spiro atoms. The molecule has 6 heteroatoms. The molecule has 0 amide bonds. The highest BCUT2D eigenvalue weighted by atomic mass is 16.6. The molecule has 0 saturated carbocycles. The molecule has 3 rings (SSSR count). The summed E-state index contributed by atoms with van der Waals surface area (Å²) >= 11 is 0. The molecule has 142 valence electrons. The topological polar surface area (TPSA) is 73.6 Å². The summed E-state index contributed by atoms with van der Waals surface area (Å²) in [6.07, 6.45) is 1.38. The third-order valence-corrected chi connectivity index (χ3v) is 3.99. The maximum absolute atomic E-state index is 11.4. The second-order valence-corrected chi connectivity index (χ2v) is 5.97. The van der Waals surface area contributed by atoms with Crippen molar-refractivity contribution < 1.29 is 14.4 Å². The van der Waals surface area contributed by atoms with E-state index in [1.54, 1.807) is 6.07 Å². The maximum Gasteiger partial charge on any atom is 0.296 e. The normalized spacial score (nSPS) is 10.1. The van der Waals surface area contributed by atoms with Crippen molar-refractivity contribution in [3.8, 4) is 11.5 Å². The van der Waals surface area contributed by atoms with Crippen LogP contribution in [0.4, 0.5) is 11.4 Å². The number of benzene rings is 3. The SMILES string of the molecule is C=CNc1cc(OCc2ccccc2)c(OCc2ccccc2)cc1[N+](=O)[O-]. The number of ether oxygens (including phenoxy) is 2. The van der Waals surface area contributed by atoms with Crippen molar-refractivity contribution in [3.63, 3.8) is 0 Å². The van der Waals surface area contributed by atoms with Gasteiger partial charge in [0.05, 0.1) is 11.0 Å². The van der Waals surface area contributed by atoms with E-state index in [1.807, 2.05) is 60.7 Å². The fraction of sp³-hybridized carbons (Fsp3) is 0.0909. The molecule has 0 saturated heterocycles. The first-order chi connectivity index (χ1) is 13.7. The highest BCUT2D eigenvalue weighted by Crippen LogP contribution is 2.38. The van der Waals surface area contributed by atoms with Crippen molar-refractivity contribution in [1.29, 1.82) is 0 Å². The zero-order chi connectivity index (χ0) is 19.8. The summed E-state index contributed by atoms with van der Waals surface area (Å²) in [6.45, 7) is 4.16. The highest BCUT2D eigenvalue weighted by Gasteiger charge is 2.20. The lowest BCUT2D eigenvalue weighted by atomic mass is 10.2. The summed E-state index contributed by atoms with van der Waals surface area (Å²) in [7, 11) is 0. The molecule has 0 aliphatic rings. The maximum atomic E-state index is 11.4. The average Bonchev–Trinajstić information content (AvgIpc) is 2.73. The van der Waals surface area contributed by atoms with E-state index in [9.17, 15) is 10.1 Å². The van der Waals surface area contributed by atoms with Crippen LogP contribution in [0.15, 0.2) is 85.6 Å². The van der Waals surface area contributed by atoms with Gasteiger partial charge in [0.2, 0.25) is 0 Å². The Balaban J connectivity index is 1.89. The minimum atomic E-state index is -0.470. The number of anilines is 1. The van der Waals surface area contributed by atoms with Gasteiger partial charge in [-0.2, -0.15) is 0 Å². The lowest BCUT2D eigenvalue weighted by molar-refractivity contribution is -0.384. The molecule has 0 fully saturated rings. The zero-order valence-corrected chi connectivity index (χ0v) is 15.2. The molecule has 0 atom stereocenters. The lowest BCUT2D eigenvalue weighted by Gasteiger charge is -2.15. The fourth-order valence-corrected chi connectivity index (χ4v) is 2.62. The van der Waals surface area contributed by atoms with Gasteiger partial charge in [0.15, 0.2) is 11.5 Å². The summed E-state index contributed by atoms with van der Waals surface area (Å²) < 4.78 is 11.8. The highest BCUT2D eigenvalue weighted by molar-refractivity contribution is 5.69. The molecule has 0 aliphatic carbocycles. The summed E-state index contributed by atoms with van der Waals surface area (Å²) in [6, 6.07) is 22.2. The smallest absolute Gasteiger partial charge is 0.296 e. The molecule has 0 unspecified atom stereocenters. The summed E-state index contributed by atoms with van der Waals surface area (Å²) in [5.74, 6) is 0.718. The molecule has 1 N–H and O–H groups in total. The van der Waals surface area contributed by atoms with Crippen LogP contribution >= 0.6 is 0 Å². The van der Waals surface area contributed by atoms with Gasteiger partial charge in [-0.05, 0) is 17.3 Å². The molecule has 0 radical (unpaired) electrons. The first-order valence-corrected chi connectivity index (χ1v) is 8.70. The van der Waals surface area contributed by atoms with Crippen LogP contribution < -0.4 is 14.8 Å². The summed E-state index contributed by atoms with van der Waals surface area (Å²) in [5, 5.41) is 14.2. The Morgan fingerprint density at radius 1 is 0.893 bits per heavy atom. The molecule has 0 aromatic heterocycles. The van der Waals surface area contributed by atoms with Gasteiger partial charge in [0.1, 0.15) is 18.9 Å². The second kappa shape index (κ2) is 9.23. The van der Waals surface area contributed by atoms with Gasteiger partial charge in [0, 0.05) is 6.07 Å². The van der Waals surface area contributed by atoms with Crippen molar-refractivity contribution in [2.75, 3.05) is 5.32 Å². The van der Waals surface area contributed by atoms with Gasteiger partial charge < -0.3 is 14.8 Å². The van der Waals surface area contributed by atoms with E-state index in [-0.39, 0.29) is 18.0 Å². The molecule has 3 aromatic carbocycles. The van der Waals surface area contributed by atoms with Crippen molar-refractivity contribution in [2.24, 2.45) is 0 Å². The molecule has 0 heterocycles. The summed E-state index contributed by atoms with van der Waals surface area (Å²) in [5.41, 5.74) is 2.10. The van der Waals surface area contributed by atoms with E-state index in [1.165, 1.54) is 12.3 Å². The number of hydrogen-bond acceptors (Lipinski definition) is 5. The van der Waals surface area contributed by atoms with Crippen LogP contribution in [0.3, 0.4) is 0 Å². The third kappa shape index (κ3) is 4.88. The Kier molecular flexibility index (Phi) is 6.25. The van der Waals surface area contributed by atoms with Crippen LogP contribution in [0.2, 0.25) is 0 Å². The predicted octanol–water partition coefficient (Wildman–Crippen LogP) is 5.31. The molecule has 6 nitrogen and oxygen atoms in total. The van der Waals surface area contributed by atoms with E-state index in [2.05, 4.69) is 11.9 Å². The number of nitro benzene ring substituents is 1. The van der Waals surface area contributed by atoms with E-state index < -0.39 is 4.92 Å².